The molecule has 1 aliphatic heterocycles. The summed E-state index contributed by atoms with van der Waals surface area (Å²) in [4.78, 5) is 2.44. The van der Waals surface area contributed by atoms with E-state index in [1.165, 1.54) is 19.3 Å². The lowest BCUT2D eigenvalue weighted by atomic mass is 10.0. The van der Waals surface area contributed by atoms with E-state index in [1.54, 1.807) is 0 Å². The molecule has 0 spiro atoms. The zero-order chi connectivity index (χ0) is 11.2. The van der Waals surface area contributed by atoms with Gasteiger partial charge in [0.25, 0.3) is 0 Å². The molecule has 1 saturated heterocycles. The van der Waals surface area contributed by atoms with Crippen molar-refractivity contribution in [2.24, 2.45) is 0 Å². The Morgan fingerprint density at radius 2 is 2.38 bits per heavy atom. The fraction of sp³-hybridized carbons (Fsp3) is 0.667. The number of likely N-dealkylation sites (tertiary alicyclic amines) is 1. The molecule has 16 heavy (non-hydrogen) atoms. The highest BCUT2D eigenvalue weighted by Crippen LogP contribution is 2.18. The van der Waals surface area contributed by atoms with Gasteiger partial charge in [0.2, 0.25) is 0 Å². The molecule has 86 valence electrons. The van der Waals surface area contributed by atoms with Crippen molar-refractivity contribution in [3.63, 3.8) is 0 Å². The summed E-state index contributed by atoms with van der Waals surface area (Å²) in [5.74, 6) is 0. The predicted molar refractivity (Wildman–Crippen MR) is 61.7 cm³/mol. The second-order valence-corrected chi connectivity index (χ2v) is 4.32. The lowest BCUT2D eigenvalue weighted by Gasteiger charge is -2.35. The summed E-state index contributed by atoms with van der Waals surface area (Å²) in [5.41, 5.74) is 0. The summed E-state index contributed by atoms with van der Waals surface area (Å²) in [5, 5.41) is 12.9. The number of hydrogen-bond donors (Lipinski definition) is 0. The molecule has 0 aliphatic carbocycles. The molecule has 0 amide bonds. The summed E-state index contributed by atoms with van der Waals surface area (Å²) in [7, 11) is 0. The molecule has 1 aliphatic rings. The molecule has 0 aromatic carbocycles. The summed E-state index contributed by atoms with van der Waals surface area (Å²) in [6.07, 6.45) is 8.26. The summed E-state index contributed by atoms with van der Waals surface area (Å²) in [6, 6.07) is 4.75. The Kier molecular flexibility index (Phi) is 3.95. The molecule has 0 bridgehead atoms. The Morgan fingerprint density at radius 3 is 3.12 bits per heavy atom. The van der Waals surface area contributed by atoms with Crippen molar-refractivity contribution >= 4 is 0 Å². The smallest absolute Gasteiger partial charge is 0.0635 e. The van der Waals surface area contributed by atoms with Crippen molar-refractivity contribution in [2.75, 3.05) is 13.1 Å². The van der Waals surface area contributed by atoms with Crippen LogP contribution in [0.5, 0.6) is 0 Å². The molecule has 1 aromatic rings. The Hall–Kier alpha value is -1.34. The minimum absolute atomic E-state index is 0.557. The van der Waals surface area contributed by atoms with Gasteiger partial charge in [-0.15, -0.1) is 0 Å². The SMILES string of the molecule is N#CCCN1CCCC[C@@H]1Cn1cccn1. The van der Waals surface area contributed by atoms with Crippen molar-refractivity contribution < 1.29 is 0 Å². The van der Waals surface area contributed by atoms with Gasteiger partial charge in [-0.25, -0.2) is 0 Å². The molecule has 2 rings (SSSR count). The van der Waals surface area contributed by atoms with Crippen LogP contribution in [0, 0.1) is 11.3 Å². The lowest BCUT2D eigenvalue weighted by molar-refractivity contribution is 0.132. The maximum Gasteiger partial charge on any atom is 0.0635 e. The third-order valence-corrected chi connectivity index (χ3v) is 3.22. The van der Waals surface area contributed by atoms with E-state index in [4.69, 9.17) is 5.26 Å². The first-order chi connectivity index (χ1) is 7.90. The molecule has 4 heteroatoms. The molecule has 0 saturated carbocycles. The van der Waals surface area contributed by atoms with Crippen molar-refractivity contribution in [1.29, 1.82) is 5.26 Å². The molecule has 0 unspecified atom stereocenters. The van der Waals surface area contributed by atoms with E-state index in [-0.39, 0.29) is 0 Å². The van der Waals surface area contributed by atoms with Gasteiger partial charge in [-0.05, 0) is 25.5 Å². The number of nitrogens with zero attached hydrogens (tertiary/aromatic N) is 4. The molecule has 0 radical (unpaired) electrons. The molecule has 1 fully saturated rings. The van der Waals surface area contributed by atoms with E-state index in [0.717, 1.165) is 19.6 Å². The minimum atomic E-state index is 0.557. The first-order valence-corrected chi connectivity index (χ1v) is 5.98. The average Bonchev–Trinajstić information content (AvgIpc) is 2.81. The summed E-state index contributed by atoms with van der Waals surface area (Å²) in [6.45, 7) is 2.99. The standard InChI is InChI=1S/C12H18N4/c13-6-3-9-15-8-2-1-5-12(15)11-16-10-4-7-14-16/h4,7,10,12H,1-3,5,8-9,11H2/t12-/m1/s1. The second kappa shape index (κ2) is 5.66. The zero-order valence-electron chi connectivity index (χ0n) is 9.55. The summed E-state index contributed by atoms with van der Waals surface area (Å²) >= 11 is 0. The molecule has 0 N–H and O–H groups in total. The van der Waals surface area contributed by atoms with Gasteiger partial charge in [0.15, 0.2) is 0 Å². The van der Waals surface area contributed by atoms with Gasteiger partial charge in [0.05, 0.1) is 12.6 Å². The van der Waals surface area contributed by atoms with Gasteiger partial charge in [-0.1, -0.05) is 6.42 Å². The van der Waals surface area contributed by atoms with E-state index in [2.05, 4.69) is 16.1 Å². The first kappa shape index (κ1) is 11.2. The number of nitriles is 1. The lowest BCUT2D eigenvalue weighted by Crippen LogP contribution is -2.42. The Balaban J connectivity index is 1.91. The maximum atomic E-state index is 8.65. The van der Waals surface area contributed by atoms with Crippen molar-refractivity contribution in [2.45, 2.75) is 38.3 Å². The van der Waals surface area contributed by atoms with Crippen LogP contribution in [-0.4, -0.2) is 33.8 Å². The van der Waals surface area contributed by atoms with Crippen LogP contribution in [-0.2, 0) is 6.54 Å². The number of hydrogen-bond acceptors (Lipinski definition) is 3. The number of piperidine rings is 1. The Labute approximate surface area is 96.5 Å². The van der Waals surface area contributed by atoms with Gasteiger partial charge in [0.1, 0.15) is 0 Å². The second-order valence-electron chi connectivity index (χ2n) is 4.32. The highest BCUT2D eigenvalue weighted by Gasteiger charge is 2.22. The van der Waals surface area contributed by atoms with Crippen LogP contribution in [0.2, 0.25) is 0 Å². The van der Waals surface area contributed by atoms with Crippen molar-refractivity contribution in [1.82, 2.24) is 14.7 Å². The predicted octanol–water partition coefficient (Wildman–Crippen LogP) is 1.65. The minimum Gasteiger partial charge on any atom is -0.298 e. The normalized spacial score (nSPS) is 21.8. The molecular weight excluding hydrogens is 200 g/mol. The summed E-state index contributed by atoms with van der Waals surface area (Å²) < 4.78 is 2.00. The molecule has 2 heterocycles. The van der Waals surface area contributed by atoms with Crippen LogP contribution in [0.15, 0.2) is 18.5 Å². The third kappa shape index (κ3) is 2.83. The van der Waals surface area contributed by atoms with Gasteiger partial charge in [-0.2, -0.15) is 10.4 Å². The topological polar surface area (TPSA) is 44.9 Å². The van der Waals surface area contributed by atoms with Gasteiger partial charge < -0.3 is 0 Å². The van der Waals surface area contributed by atoms with E-state index >= 15 is 0 Å². The fourth-order valence-electron chi connectivity index (χ4n) is 2.38. The van der Waals surface area contributed by atoms with Gasteiger partial charge in [-0.3, -0.25) is 9.58 Å². The largest absolute Gasteiger partial charge is 0.298 e. The van der Waals surface area contributed by atoms with E-state index in [9.17, 15) is 0 Å². The fourth-order valence-corrected chi connectivity index (χ4v) is 2.38. The first-order valence-electron chi connectivity index (χ1n) is 5.98. The van der Waals surface area contributed by atoms with Gasteiger partial charge >= 0.3 is 0 Å². The Bertz CT molecular complexity index is 338. The van der Waals surface area contributed by atoms with Crippen LogP contribution in [0.4, 0.5) is 0 Å². The highest BCUT2D eigenvalue weighted by molar-refractivity contribution is 4.84. The van der Waals surface area contributed by atoms with E-state index in [0.29, 0.717) is 12.5 Å². The van der Waals surface area contributed by atoms with Gasteiger partial charge in [0, 0.05) is 31.4 Å². The Morgan fingerprint density at radius 1 is 1.44 bits per heavy atom. The number of aromatic nitrogens is 2. The number of rotatable bonds is 4. The monoisotopic (exact) mass is 218 g/mol. The van der Waals surface area contributed by atoms with Crippen LogP contribution in [0.25, 0.3) is 0 Å². The maximum absolute atomic E-state index is 8.65. The molecule has 1 aromatic heterocycles. The van der Waals surface area contributed by atoms with Crippen molar-refractivity contribution in [3.8, 4) is 6.07 Å². The highest BCUT2D eigenvalue weighted by atomic mass is 15.3. The van der Waals surface area contributed by atoms with E-state index in [1.807, 2.05) is 23.1 Å². The van der Waals surface area contributed by atoms with Crippen molar-refractivity contribution in [3.05, 3.63) is 18.5 Å². The molecule has 4 nitrogen and oxygen atoms in total. The van der Waals surface area contributed by atoms with Crippen LogP contribution in [0.3, 0.4) is 0 Å². The third-order valence-electron chi connectivity index (χ3n) is 3.22. The molecule has 1 atom stereocenters. The van der Waals surface area contributed by atoms with Crippen LogP contribution >= 0.6 is 0 Å². The average molecular weight is 218 g/mol. The zero-order valence-corrected chi connectivity index (χ0v) is 9.55. The van der Waals surface area contributed by atoms with Crippen LogP contribution in [0.1, 0.15) is 25.7 Å². The quantitative estimate of drug-likeness (QED) is 0.772. The van der Waals surface area contributed by atoms with E-state index < -0.39 is 0 Å². The van der Waals surface area contributed by atoms with Crippen LogP contribution < -0.4 is 0 Å². The molecular formula is C12H18N4.